The average Bonchev–Trinajstić information content (AvgIpc) is 2.79. The maximum Gasteiger partial charge on any atom is 0.331 e. The fraction of sp³-hybridized carbons (Fsp3) is 0.889. The minimum Gasteiger partial charge on any atom is -0.467 e. The second-order valence-corrected chi connectivity index (χ2v) is 7.08. The molecule has 0 heterocycles. The molecule has 0 bridgehead atoms. The lowest BCUT2D eigenvalue weighted by atomic mass is 9.85. The van der Waals surface area contributed by atoms with Crippen LogP contribution < -0.4 is 5.32 Å². The van der Waals surface area contributed by atoms with Gasteiger partial charge in [0.2, 0.25) is 5.91 Å². The van der Waals surface area contributed by atoms with Crippen molar-refractivity contribution in [1.29, 1.82) is 0 Å². The van der Waals surface area contributed by atoms with Crippen molar-refractivity contribution in [2.75, 3.05) is 7.11 Å². The van der Waals surface area contributed by atoms with Crippen molar-refractivity contribution in [3.8, 4) is 0 Å². The van der Waals surface area contributed by atoms with Crippen LogP contribution in [-0.4, -0.2) is 24.5 Å². The van der Waals surface area contributed by atoms with E-state index in [1.165, 1.54) is 39.2 Å². The highest BCUT2D eigenvalue weighted by Crippen LogP contribution is 2.30. The Hall–Kier alpha value is -1.06. The van der Waals surface area contributed by atoms with Crippen LogP contribution in [0, 0.1) is 5.92 Å². The quantitative estimate of drug-likeness (QED) is 0.622. The van der Waals surface area contributed by atoms with Gasteiger partial charge in [0.15, 0.2) is 0 Å². The van der Waals surface area contributed by atoms with E-state index in [4.69, 9.17) is 4.74 Å². The lowest BCUT2D eigenvalue weighted by molar-refractivity contribution is -0.151. The van der Waals surface area contributed by atoms with Gasteiger partial charge in [-0.15, -0.1) is 0 Å². The van der Waals surface area contributed by atoms with Gasteiger partial charge in [0.1, 0.15) is 5.54 Å². The molecule has 0 aliphatic heterocycles. The third-order valence-electron chi connectivity index (χ3n) is 5.42. The summed E-state index contributed by atoms with van der Waals surface area (Å²) in [6, 6.07) is 0. The van der Waals surface area contributed by atoms with E-state index in [2.05, 4.69) is 5.32 Å². The number of amides is 1. The molecule has 0 spiro atoms. The molecule has 0 radical (unpaired) electrons. The molecule has 0 aromatic carbocycles. The van der Waals surface area contributed by atoms with Crippen molar-refractivity contribution in [2.45, 2.75) is 89.0 Å². The number of carbonyl (C=O) groups is 2. The Labute approximate surface area is 134 Å². The maximum atomic E-state index is 12.4. The highest BCUT2D eigenvalue weighted by molar-refractivity contribution is 5.88. The lowest BCUT2D eigenvalue weighted by Gasteiger charge is -2.31. The number of hydrogen-bond acceptors (Lipinski definition) is 3. The topological polar surface area (TPSA) is 55.4 Å². The van der Waals surface area contributed by atoms with Crippen molar-refractivity contribution in [2.24, 2.45) is 5.92 Å². The summed E-state index contributed by atoms with van der Waals surface area (Å²) in [6.45, 7) is 0. The first-order valence-electron chi connectivity index (χ1n) is 9.06. The van der Waals surface area contributed by atoms with Crippen molar-refractivity contribution in [3.05, 3.63) is 0 Å². The zero-order valence-corrected chi connectivity index (χ0v) is 14.0. The molecule has 4 nitrogen and oxygen atoms in total. The van der Waals surface area contributed by atoms with Gasteiger partial charge in [0, 0.05) is 6.42 Å². The average molecular weight is 309 g/mol. The molecule has 126 valence electrons. The molecule has 1 N–H and O–H groups in total. The largest absolute Gasteiger partial charge is 0.467 e. The van der Waals surface area contributed by atoms with E-state index >= 15 is 0 Å². The first-order chi connectivity index (χ1) is 10.7. The summed E-state index contributed by atoms with van der Waals surface area (Å²) in [6.07, 6.45) is 13.6. The highest BCUT2D eigenvalue weighted by atomic mass is 16.5. The summed E-state index contributed by atoms with van der Waals surface area (Å²) in [5.74, 6) is 0.459. The van der Waals surface area contributed by atoms with Crippen LogP contribution in [0.5, 0.6) is 0 Å². The third-order valence-corrected chi connectivity index (χ3v) is 5.42. The predicted octanol–water partition coefficient (Wildman–Crippen LogP) is 3.73. The number of esters is 1. The van der Waals surface area contributed by atoms with Crippen LogP contribution in [0.25, 0.3) is 0 Å². The number of methoxy groups -OCH3 is 1. The van der Waals surface area contributed by atoms with Crippen molar-refractivity contribution >= 4 is 11.9 Å². The Kier molecular flexibility index (Phi) is 6.71. The van der Waals surface area contributed by atoms with Crippen LogP contribution in [-0.2, 0) is 14.3 Å². The molecular formula is C18H31NO3. The molecule has 2 saturated carbocycles. The number of carbonyl (C=O) groups excluding carboxylic acids is 2. The molecule has 2 fully saturated rings. The zero-order chi connectivity index (χ0) is 15.8. The van der Waals surface area contributed by atoms with E-state index < -0.39 is 5.54 Å². The highest BCUT2D eigenvalue weighted by Gasteiger charge is 2.40. The molecular weight excluding hydrogens is 278 g/mol. The normalized spacial score (nSPS) is 22.6. The smallest absolute Gasteiger partial charge is 0.331 e. The van der Waals surface area contributed by atoms with Crippen LogP contribution in [0.4, 0.5) is 0 Å². The Morgan fingerprint density at radius 1 is 1.00 bits per heavy atom. The van der Waals surface area contributed by atoms with Gasteiger partial charge in [0.05, 0.1) is 7.11 Å². The second-order valence-electron chi connectivity index (χ2n) is 7.08. The van der Waals surface area contributed by atoms with Crippen molar-refractivity contribution in [3.63, 3.8) is 0 Å². The molecule has 0 aromatic rings. The number of rotatable bonds is 5. The number of hydrogen-bond donors (Lipinski definition) is 1. The maximum absolute atomic E-state index is 12.4. The Balaban J connectivity index is 1.88. The van der Waals surface area contributed by atoms with Crippen LogP contribution in [0.2, 0.25) is 0 Å². The third kappa shape index (κ3) is 4.72. The number of ether oxygens (including phenoxy) is 1. The van der Waals surface area contributed by atoms with Gasteiger partial charge in [0.25, 0.3) is 0 Å². The molecule has 2 aliphatic rings. The minimum absolute atomic E-state index is 0.0258. The standard InChI is InChI=1S/C18H31NO3/c1-22-17(21)18(13-7-2-3-8-14-18)19-16(20)12-11-15-9-5-4-6-10-15/h15H,2-14H2,1H3,(H,19,20). The summed E-state index contributed by atoms with van der Waals surface area (Å²) >= 11 is 0. The van der Waals surface area contributed by atoms with Gasteiger partial charge in [-0.1, -0.05) is 57.8 Å². The van der Waals surface area contributed by atoms with E-state index in [0.717, 1.165) is 44.9 Å². The predicted molar refractivity (Wildman–Crippen MR) is 86.4 cm³/mol. The fourth-order valence-electron chi connectivity index (χ4n) is 4.05. The molecule has 4 heteroatoms. The van der Waals surface area contributed by atoms with Gasteiger partial charge in [-0.2, -0.15) is 0 Å². The zero-order valence-electron chi connectivity index (χ0n) is 14.0. The monoisotopic (exact) mass is 309 g/mol. The molecule has 22 heavy (non-hydrogen) atoms. The lowest BCUT2D eigenvalue weighted by Crippen LogP contribution is -2.54. The van der Waals surface area contributed by atoms with Crippen LogP contribution in [0.3, 0.4) is 0 Å². The van der Waals surface area contributed by atoms with Crippen molar-refractivity contribution in [1.82, 2.24) is 5.32 Å². The van der Waals surface area contributed by atoms with Gasteiger partial charge < -0.3 is 10.1 Å². The minimum atomic E-state index is -0.769. The summed E-state index contributed by atoms with van der Waals surface area (Å²) in [5.41, 5.74) is -0.769. The molecule has 1 amide bonds. The molecule has 0 unspecified atom stereocenters. The molecule has 0 atom stereocenters. The van der Waals surface area contributed by atoms with E-state index in [1.54, 1.807) is 0 Å². The Morgan fingerprint density at radius 3 is 2.18 bits per heavy atom. The molecule has 2 rings (SSSR count). The summed E-state index contributed by atoms with van der Waals surface area (Å²) in [7, 11) is 1.42. The van der Waals surface area contributed by atoms with Gasteiger partial charge >= 0.3 is 5.97 Å². The SMILES string of the molecule is COC(=O)C1(NC(=O)CCC2CCCCC2)CCCCCC1. The Bertz CT molecular complexity index is 367. The van der Waals surface area contributed by atoms with Gasteiger partial charge in [-0.25, -0.2) is 4.79 Å². The molecule has 2 aliphatic carbocycles. The van der Waals surface area contributed by atoms with Crippen molar-refractivity contribution < 1.29 is 14.3 Å². The first kappa shape index (κ1) is 17.3. The van der Waals surface area contributed by atoms with E-state index in [0.29, 0.717) is 12.3 Å². The van der Waals surface area contributed by atoms with Crippen LogP contribution >= 0.6 is 0 Å². The van der Waals surface area contributed by atoms with E-state index in [-0.39, 0.29) is 11.9 Å². The second kappa shape index (κ2) is 8.54. The summed E-state index contributed by atoms with van der Waals surface area (Å²) < 4.78 is 4.99. The molecule has 0 saturated heterocycles. The van der Waals surface area contributed by atoms with Crippen LogP contribution in [0.15, 0.2) is 0 Å². The summed E-state index contributed by atoms with van der Waals surface area (Å²) in [4.78, 5) is 24.6. The number of nitrogens with one attached hydrogen (secondary N) is 1. The van der Waals surface area contributed by atoms with E-state index in [1.807, 2.05) is 0 Å². The van der Waals surface area contributed by atoms with E-state index in [9.17, 15) is 9.59 Å². The van der Waals surface area contributed by atoms with Gasteiger partial charge in [-0.3, -0.25) is 4.79 Å². The van der Waals surface area contributed by atoms with Crippen LogP contribution in [0.1, 0.15) is 83.5 Å². The Morgan fingerprint density at radius 2 is 1.59 bits per heavy atom. The summed E-state index contributed by atoms with van der Waals surface area (Å²) in [5, 5.41) is 3.05. The fourth-order valence-corrected chi connectivity index (χ4v) is 4.05. The molecule has 0 aromatic heterocycles. The first-order valence-corrected chi connectivity index (χ1v) is 9.06. The van der Waals surface area contributed by atoms with Gasteiger partial charge in [-0.05, 0) is 25.2 Å².